The molecule has 0 bridgehead atoms. The van der Waals surface area contributed by atoms with Gasteiger partial charge in [0, 0.05) is 23.3 Å². The first-order valence-electron chi connectivity index (χ1n) is 5.41. The molecule has 0 radical (unpaired) electrons. The number of aromatic nitrogens is 1. The lowest BCUT2D eigenvalue weighted by molar-refractivity contribution is 0.480. The molecule has 0 aliphatic carbocycles. The average molecular weight is 328 g/mol. The zero-order chi connectivity index (χ0) is 13.0. The largest absolute Gasteiger partial charge is 0.456 e. The molecule has 1 aromatic carbocycles. The second-order valence-electron chi connectivity index (χ2n) is 3.69. The van der Waals surface area contributed by atoms with E-state index in [0.29, 0.717) is 17.3 Å². The van der Waals surface area contributed by atoms with E-state index in [4.69, 9.17) is 16.3 Å². The van der Waals surface area contributed by atoms with Crippen molar-refractivity contribution in [3.8, 4) is 11.5 Å². The predicted octanol–water partition coefficient (Wildman–Crippen LogP) is 4.01. The van der Waals surface area contributed by atoms with E-state index in [-0.39, 0.29) is 0 Å². The van der Waals surface area contributed by atoms with Crippen LogP contribution in [0.5, 0.6) is 11.5 Å². The van der Waals surface area contributed by atoms with Crippen molar-refractivity contribution in [2.24, 2.45) is 0 Å². The summed E-state index contributed by atoms with van der Waals surface area (Å²) in [6.45, 7) is 0.700. The van der Waals surface area contributed by atoms with E-state index in [0.717, 1.165) is 15.9 Å². The summed E-state index contributed by atoms with van der Waals surface area (Å²) in [6.07, 6.45) is 1.72. The highest BCUT2D eigenvalue weighted by molar-refractivity contribution is 9.10. The maximum absolute atomic E-state index is 6.10. The Bertz CT molecular complexity index is 548. The summed E-state index contributed by atoms with van der Waals surface area (Å²) in [4.78, 5) is 4.22. The van der Waals surface area contributed by atoms with Crippen LogP contribution in [0.1, 0.15) is 5.69 Å². The fraction of sp³-hybridized carbons (Fsp3) is 0.154. The molecule has 0 saturated carbocycles. The van der Waals surface area contributed by atoms with Crippen molar-refractivity contribution in [3.05, 3.63) is 51.7 Å². The van der Waals surface area contributed by atoms with E-state index in [1.807, 2.05) is 25.2 Å². The van der Waals surface area contributed by atoms with Gasteiger partial charge in [-0.2, -0.15) is 0 Å². The maximum atomic E-state index is 6.10. The van der Waals surface area contributed by atoms with Crippen LogP contribution in [0.15, 0.2) is 41.0 Å². The van der Waals surface area contributed by atoms with Gasteiger partial charge in [0.1, 0.15) is 11.5 Å². The number of benzene rings is 1. The number of ether oxygens (including phenoxy) is 1. The molecule has 5 heteroatoms. The third-order valence-corrected chi connectivity index (χ3v) is 3.06. The molecule has 2 rings (SSSR count). The lowest BCUT2D eigenvalue weighted by Crippen LogP contribution is -2.06. The van der Waals surface area contributed by atoms with Gasteiger partial charge in [0.25, 0.3) is 0 Å². The maximum Gasteiger partial charge on any atom is 0.146 e. The third-order valence-electron chi connectivity index (χ3n) is 2.27. The monoisotopic (exact) mass is 326 g/mol. The Labute approximate surface area is 119 Å². The summed E-state index contributed by atoms with van der Waals surface area (Å²) in [6, 6.07) is 9.19. The lowest BCUT2D eigenvalue weighted by atomic mass is 10.3. The number of hydrogen-bond donors (Lipinski definition) is 1. The number of halogens is 2. The Hall–Kier alpha value is -1.10. The van der Waals surface area contributed by atoms with Gasteiger partial charge in [-0.15, -0.1) is 0 Å². The Morgan fingerprint density at radius 2 is 2.17 bits per heavy atom. The lowest BCUT2D eigenvalue weighted by Gasteiger charge is -2.08. The molecule has 1 heterocycles. The van der Waals surface area contributed by atoms with Crippen LogP contribution >= 0.6 is 27.5 Å². The Balaban J connectivity index is 2.20. The number of hydrogen-bond acceptors (Lipinski definition) is 3. The van der Waals surface area contributed by atoms with Gasteiger partial charge in [0.05, 0.1) is 10.7 Å². The van der Waals surface area contributed by atoms with E-state index in [1.54, 1.807) is 18.3 Å². The van der Waals surface area contributed by atoms with E-state index in [9.17, 15) is 0 Å². The van der Waals surface area contributed by atoms with Crippen molar-refractivity contribution < 1.29 is 4.74 Å². The molecule has 0 atom stereocenters. The van der Waals surface area contributed by atoms with Crippen LogP contribution in [-0.2, 0) is 6.54 Å². The fourth-order valence-corrected chi connectivity index (χ4v) is 2.19. The fourth-order valence-electron chi connectivity index (χ4n) is 1.48. The molecule has 1 N–H and O–H groups in total. The van der Waals surface area contributed by atoms with Crippen LogP contribution in [0.3, 0.4) is 0 Å². The zero-order valence-electron chi connectivity index (χ0n) is 9.78. The van der Waals surface area contributed by atoms with Gasteiger partial charge in [-0.1, -0.05) is 27.5 Å². The van der Waals surface area contributed by atoms with E-state index in [1.165, 1.54) is 0 Å². The zero-order valence-corrected chi connectivity index (χ0v) is 12.1. The molecule has 94 valence electrons. The molecule has 2 aromatic rings. The van der Waals surface area contributed by atoms with Crippen LogP contribution < -0.4 is 10.1 Å². The summed E-state index contributed by atoms with van der Waals surface area (Å²) in [5, 5.41) is 3.61. The van der Waals surface area contributed by atoms with Crippen LogP contribution in [0.4, 0.5) is 0 Å². The van der Waals surface area contributed by atoms with Crippen molar-refractivity contribution >= 4 is 27.5 Å². The Morgan fingerprint density at radius 1 is 1.33 bits per heavy atom. The minimum Gasteiger partial charge on any atom is -0.456 e. The number of pyridine rings is 1. The molecule has 1 aromatic heterocycles. The van der Waals surface area contributed by atoms with Crippen molar-refractivity contribution in [1.29, 1.82) is 0 Å². The third kappa shape index (κ3) is 3.45. The normalized spacial score (nSPS) is 10.4. The summed E-state index contributed by atoms with van der Waals surface area (Å²) in [7, 11) is 1.88. The first-order chi connectivity index (χ1) is 8.69. The Kier molecular flexibility index (Phi) is 4.58. The summed E-state index contributed by atoms with van der Waals surface area (Å²) < 4.78 is 6.65. The number of rotatable bonds is 4. The highest BCUT2D eigenvalue weighted by Crippen LogP contribution is 2.31. The minimum absolute atomic E-state index is 0.566. The average Bonchev–Trinajstić information content (AvgIpc) is 2.34. The summed E-state index contributed by atoms with van der Waals surface area (Å²) in [5.74, 6) is 1.35. The number of nitrogens with zero attached hydrogens (tertiary/aromatic N) is 1. The summed E-state index contributed by atoms with van der Waals surface area (Å²) in [5.41, 5.74) is 0.920. The van der Waals surface area contributed by atoms with E-state index < -0.39 is 0 Å². The molecular formula is C13H12BrClN2O. The molecule has 0 aliphatic heterocycles. The predicted molar refractivity (Wildman–Crippen MR) is 76.2 cm³/mol. The molecule has 0 fully saturated rings. The minimum atomic E-state index is 0.566. The van der Waals surface area contributed by atoms with Gasteiger partial charge >= 0.3 is 0 Å². The van der Waals surface area contributed by atoms with Gasteiger partial charge in [0.2, 0.25) is 0 Å². The van der Waals surface area contributed by atoms with Gasteiger partial charge < -0.3 is 10.1 Å². The van der Waals surface area contributed by atoms with Crippen molar-refractivity contribution in [2.75, 3.05) is 7.05 Å². The topological polar surface area (TPSA) is 34.1 Å². The van der Waals surface area contributed by atoms with Crippen LogP contribution in [-0.4, -0.2) is 12.0 Å². The van der Waals surface area contributed by atoms with Crippen molar-refractivity contribution in [1.82, 2.24) is 10.3 Å². The molecule has 0 amide bonds. The van der Waals surface area contributed by atoms with Crippen LogP contribution in [0.25, 0.3) is 0 Å². The molecule has 0 aliphatic rings. The Morgan fingerprint density at radius 3 is 2.89 bits per heavy atom. The molecule has 0 saturated heterocycles. The molecule has 18 heavy (non-hydrogen) atoms. The quantitative estimate of drug-likeness (QED) is 0.921. The van der Waals surface area contributed by atoms with Crippen molar-refractivity contribution in [2.45, 2.75) is 6.54 Å². The van der Waals surface area contributed by atoms with Crippen LogP contribution in [0.2, 0.25) is 5.02 Å². The van der Waals surface area contributed by atoms with Gasteiger partial charge in [-0.25, -0.2) is 0 Å². The highest BCUT2D eigenvalue weighted by atomic mass is 79.9. The van der Waals surface area contributed by atoms with E-state index >= 15 is 0 Å². The molecule has 0 spiro atoms. The van der Waals surface area contributed by atoms with Crippen LogP contribution in [0, 0.1) is 0 Å². The smallest absolute Gasteiger partial charge is 0.146 e. The van der Waals surface area contributed by atoms with Crippen molar-refractivity contribution in [3.63, 3.8) is 0 Å². The molecule has 0 unspecified atom stereocenters. The SMILES string of the molecule is CNCc1cc(Oc2ccc(Br)cc2Cl)ccn1. The second-order valence-corrected chi connectivity index (χ2v) is 5.01. The second kappa shape index (κ2) is 6.18. The van der Waals surface area contributed by atoms with Gasteiger partial charge in [0.15, 0.2) is 0 Å². The summed E-state index contributed by atoms with van der Waals surface area (Å²) >= 11 is 9.45. The highest BCUT2D eigenvalue weighted by Gasteiger charge is 2.04. The molecule has 3 nitrogen and oxygen atoms in total. The molecular weight excluding hydrogens is 316 g/mol. The first kappa shape index (κ1) is 13.3. The van der Waals surface area contributed by atoms with Gasteiger partial charge in [-0.05, 0) is 31.3 Å². The first-order valence-corrected chi connectivity index (χ1v) is 6.58. The van der Waals surface area contributed by atoms with Gasteiger partial charge in [-0.3, -0.25) is 4.98 Å². The number of nitrogens with one attached hydrogen (secondary N) is 1. The van der Waals surface area contributed by atoms with E-state index in [2.05, 4.69) is 26.2 Å². The standard InChI is InChI=1S/C13H12BrClN2O/c1-16-8-10-7-11(4-5-17-10)18-13-3-2-9(14)6-12(13)15/h2-7,16H,8H2,1H3.